The van der Waals surface area contributed by atoms with Crippen LogP contribution in [0.3, 0.4) is 0 Å². The third kappa shape index (κ3) is 4.51. The number of anilines is 1. The minimum atomic E-state index is -0.127. The Labute approximate surface area is 123 Å². The molecule has 19 heavy (non-hydrogen) atoms. The molecule has 3 N–H and O–H groups in total. The number of amides is 1. The van der Waals surface area contributed by atoms with Gasteiger partial charge in [0.1, 0.15) is 0 Å². The van der Waals surface area contributed by atoms with E-state index in [2.05, 4.69) is 40.0 Å². The molecule has 0 saturated carbocycles. The Morgan fingerprint density at radius 3 is 2.53 bits per heavy atom. The summed E-state index contributed by atoms with van der Waals surface area (Å²) in [5.74, 6) is 0.343. The summed E-state index contributed by atoms with van der Waals surface area (Å²) >= 11 is 3.33. The van der Waals surface area contributed by atoms with Crippen LogP contribution in [0.2, 0.25) is 0 Å². The van der Waals surface area contributed by atoms with Crippen molar-refractivity contribution in [3.8, 4) is 0 Å². The van der Waals surface area contributed by atoms with Gasteiger partial charge in [0.25, 0.3) is 5.91 Å². The summed E-state index contributed by atoms with van der Waals surface area (Å²) in [6, 6.07) is 5.59. The van der Waals surface area contributed by atoms with E-state index in [1.165, 1.54) is 0 Å². The van der Waals surface area contributed by atoms with Crippen molar-refractivity contribution in [1.82, 2.24) is 10.2 Å². The topological polar surface area (TPSA) is 58.4 Å². The highest BCUT2D eigenvalue weighted by Gasteiger charge is 2.17. The third-order valence-corrected chi connectivity index (χ3v) is 3.66. The van der Waals surface area contributed by atoms with Gasteiger partial charge in [0.15, 0.2) is 0 Å². The van der Waals surface area contributed by atoms with E-state index >= 15 is 0 Å². The van der Waals surface area contributed by atoms with E-state index in [1.54, 1.807) is 12.1 Å². The number of nitrogens with two attached hydrogens (primary N) is 1. The molecule has 0 spiro atoms. The summed E-state index contributed by atoms with van der Waals surface area (Å²) in [4.78, 5) is 14.2. The number of hydrogen-bond acceptors (Lipinski definition) is 3. The van der Waals surface area contributed by atoms with Crippen molar-refractivity contribution in [2.45, 2.75) is 19.9 Å². The molecule has 0 aliphatic carbocycles. The van der Waals surface area contributed by atoms with Crippen LogP contribution in [0.25, 0.3) is 0 Å². The summed E-state index contributed by atoms with van der Waals surface area (Å²) in [5.41, 5.74) is 6.85. The van der Waals surface area contributed by atoms with Crippen LogP contribution in [-0.4, -0.2) is 37.5 Å². The lowest BCUT2D eigenvalue weighted by Gasteiger charge is -2.28. The molecule has 1 amide bonds. The van der Waals surface area contributed by atoms with Gasteiger partial charge in [-0.15, -0.1) is 0 Å². The third-order valence-electron chi connectivity index (χ3n) is 3.16. The largest absolute Gasteiger partial charge is 0.398 e. The summed E-state index contributed by atoms with van der Waals surface area (Å²) in [5, 5.41) is 2.95. The Hall–Kier alpha value is -1.07. The first kappa shape index (κ1) is 16.0. The normalized spacial score (nSPS) is 12.8. The molecule has 0 bridgehead atoms. The molecule has 5 heteroatoms. The molecule has 1 atom stereocenters. The minimum Gasteiger partial charge on any atom is -0.398 e. The minimum absolute atomic E-state index is 0.127. The first-order valence-corrected chi connectivity index (χ1v) is 7.12. The molecule has 0 aromatic heterocycles. The van der Waals surface area contributed by atoms with Crippen LogP contribution < -0.4 is 11.1 Å². The highest BCUT2D eigenvalue weighted by atomic mass is 79.9. The zero-order chi connectivity index (χ0) is 14.6. The van der Waals surface area contributed by atoms with Gasteiger partial charge in [-0.05, 0) is 38.2 Å². The Kier molecular flexibility index (Phi) is 5.82. The van der Waals surface area contributed by atoms with Crippen LogP contribution >= 0.6 is 15.9 Å². The number of nitrogens with zero attached hydrogens (tertiary/aromatic N) is 1. The van der Waals surface area contributed by atoms with Gasteiger partial charge in [-0.2, -0.15) is 0 Å². The molecule has 1 rings (SSSR count). The Morgan fingerprint density at radius 2 is 2.05 bits per heavy atom. The lowest BCUT2D eigenvalue weighted by Crippen LogP contribution is -2.43. The summed E-state index contributed by atoms with van der Waals surface area (Å²) in [6.45, 7) is 4.90. The fourth-order valence-electron chi connectivity index (χ4n) is 2.05. The molecule has 0 heterocycles. The van der Waals surface area contributed by atoms with E-state index in [-0.39, 0.29) is 5.91 Å². The lowest BCUT2D eigenvalue weighted by molar-refractivity contribution is 0.0935. The maximum atomic E-state index is 12.1. The second-order valence-corrected chi connectivity index (χ2v) is 6.13. The molecule has 4 nitrogen and oxygen atoms in total. The fourth-order valence-corrected chi connectivity index (χ4v) is 2.43. The summed E-state index contributed by atoms with van der Waals surface area (Å²) < 4.78 is 0.870. The van der Waals surface area contributed by atoms with Crippen LogP contribution in [0, 0.1) is 5.92 Å². The van der Waals surface area contributed by atoms with E-state index in [0.717, 1.165) is 4.47 Å². The summed E-state index contributed by atoms with van der Waals surface area (Å²) in [6.07, 6.45) is 0. The monoisotopic (exact) mass is 327 g/mol. The molecule has 1 unspecified atom stereocenters. The first-order valence-electron chi connectivity index (χ1n) is 6.32. The molecule has 0 saturated heterocycles. The van der Waals surface area contributed by atoms with Gasteiger partial charge < -0.3 is 16.0 Å². The quantitative estimate of drug-likeness (QED) is 0.816. The molecule has 1 aromatic rings. The average molecular weight is 328 g/mol. The smallest absolute Gasteiger partial charge is 0.253 e. The van der Waals surface area contributed by atoms with Gasteiger partial charge >= 0.3 is 0 Å². The first-order chi connectivity index (χ1) is 8.82. The average Bonchev–Trinajstić information content (AvgIpc) is 2.27. The van der Waals surface area contributed by atoms with Gasteiger partial charge in [0.05, 0.1) is 5.56 Å². The van der Waals surface area contributed by atoms with Crippen molar-refractivity contribution < 1.29 is 4.79 Å². The number of benzene rings is 1. The molecular weight excluding hydrogens is 306 g/mol. The predicted molar refractivity (Wildman–Crippen MR) is 83.2 cm³/mol. The van der Waals surface area contributed by atoms with E-state index in [1.807, 2.05) is 20.2 Å². The number of hydrogen-bond donors (Lipinski definition) is 2. The van der Waals surface area contributed by atoms with Crippen LogP contribution in [0.15, 0.2) is 22.7 Å². The van der Waals surface area contributed by atoms with Gasteiger partial charge in [0.2, 0.25) is 0 Å². The molecule has 1 aromatic carbocycles. The highest BCUT2D eigenvalue weighted by molar-refractivity contribution is 9.10. The zero-order valence-corrected chi connectivity index (χ0v) is 13.5. The molecule has 0 radical (unpaired) electrons. The maximum absolute atomic E-state index is 12.1. The zero-order valence-electron chi connectivity index (χ0n) is 11.9. The van der Waals surface area contributed by atoms with Gasteiger partial charge in [-0.1, -0.05) is 29.8 Å². The predicted octanol–water partition coefficient (Wildman–Crippen LogP) is 2.35. The van der Waals surface area contributed by atoms with Crippen molar-refractivity contribution in [2.75, 3.05) is 26.4 Å². The number of likely N-dealkylation sites (N-methyl/N-ethyl adjacent to an activating group) is 1. The Bertz CT molecular complexity index is 438. The fraction of sp³-hybridized carbons (Fsp3) is 0.500. The SMILES string of the molecule is CC(C)C(CNC(=O)c1ccc(Br)cc1N)N(C)C. The summed E-state index contributed by atoms with van der Waals surface area (Å²) in [7, 11) is 4.04. The highest BCUT2D eigenvalue weighted by Crippen LogP contribution is 2.18. The lowest BCUT2D eigenvalue weighted by atomic mass is 10.0. The molecule has 0 fully saturated rings. The van der Waals surface area contributed by atoms with Gasteiger partial charge in [-0.3, -0.25) is 4.79 Å². The second kappa shape index (κ2) is 6.91. The van der Waals surface area contributed by atoms with Crippen molar-refractivity contribution >= 4 is 27.5 Å². The van der Waals surface area contributed by atoms with E-state index in [9.17, 15) is 4.79 Å². The van der Waals surface area contributed by atoms with Crippen LogP contribution in [-0.2, 0) is 0 Å². The van der Waals surface area contributed by atoms with Crippen LogP contribution in [0.4, 0.5) is 5.69 Å². The number of carbonyl (C=O) groups excluding carboxylic acids is 1. The number of nitrogens with one attached hydrogen (secondary N) is 1. The number of rotatable bonds is 5. The van der Waals surface area contributed by atoms with Crippen molar-refractivity contribution in [2.24, 2.45) is 5.92 Å². The molecule has 106 valence electrons. The second-order valence-electron chi connectivity index (χ2n) is 5.22. The molecule has 0 aliphatic heterocycles. The van der Waals surface area contributed by atoms with Crippen LogP contribution in [0.5, 0.6) is 0 Å². The molecule has 0 aliphatic rings. The van der Waals surface area contributed by atoms with E-state index in [4.69, 9.17) is 5.73 Å². The van der Waals surface area contributed by atoms with Crippen molar-refractivity contribution in [3.63, 3.8) is 0 Å². The Morgan fingerprint density at radius 1 is 1.42 bits per heavy atom. The van der Waals surface area contributed by atoms with E-state index in [0.29, 0.717) is 29.8 Å². The maximum Gasteiger partial charge on any atom is 0.253 e. The number of halogens is 1. The van der Waals surface area contributed by atoms with Gasteiger partial charge in [-0.25, -0.2) is 0 Å². The number of nitrogen functional groups attached to an aromatic ring is 1. The number of carbonyl (C=O) groups is 1. The van der Waals surface area contributed by atoms with Crippen molar-refractivity contribution in [1.29, 1.82) is 0 Å². The van der Waals surface area contributed by atoms with E-state index < -0.39 is 0 Å². The van der Waals surface area contributed by atoms with Crippen molar-refractivity contribution in [3.05, 3.63) is 28.2 Å². The van der Waals surface area contributed by atoms with Gasteiger partial charge in [0, 0.05) is 22.7 Å². The molecular formula is C14H22BrN3O. The van der Waals surface area contributed by atoms with Crippen LogP contribution in [0.1, 0.15) is 24.2 Å². The standard InChI is InChI=1S/C14H22BrN3O/c1-9(2)13(18(3)4)8-17-14(19)11-6-5-10(15)7-12(11)16/h5-7,9,13H,8,16H2,1-4H3,(H,17,19). The Balaban J connectivity index is 2.69.